The zero-order chi connectivity index (χ0) is 25.1. The molecule has 2 unspecified atom stereocenters. The van der Waals surface area contributed by atoms with Crippen molar-refractivity contribution in [3.63, 3.8) is 0 Å². The quantitative estimate of drug-likeness (QED) is 0.158. The molecule has 2 fully saturated rings. The van der Waals surface area contributed by atoms with Crippen LogP contribution in [-0.2, 0) is 9.59 Å². The van der Waals surface area contributed by atoms with E-state index in [0.29, 0.717) is 30.7 Å². The lowest BCUT2D eigenvalue weighted by Crippen LogP contribution is -2.55. The van der Waals surface area contributed by atoms with Crippen molar-refractivity contribution in [1.82, 2.24) is 14.9 Å². The number of hydrogen-bond donors (Lipinski definition) is 2. The maximum Gasteiger partial charge on any atom is 0.264 e. The number of rotatable bonds is 15. The first-order chi connectivity index (χ1) is 17.0. The number of nitriles is 1. The van der Waals surface area contributed by atoms with Crippen LogP contribution in [0.25, 0.3) is 0 Å². The number of unbranched alkanes of at least 4 members (excludes halogenated alkanes) is 3. The van der Waals surface area contributed by atoms with E-state index in [4.69, 9.17) is 4.74 Å². The molecule has 2 amide bonds. The molecule has 3 rings (SSSR count). The molecule has 1 aromatic carbocycles. The summed E-state index contributed by atoms with van der Waals surface area (Å²) in [6.45, 7) is 6.45. The van der Waals surface area contributed by atoms with Gasteiger partial charge in [-0.15, -0.1) is 6.58 Å². The van der Waals surface area contributed by atoms with Gasteiger partial charge in [0.2, 0.25) is 5.91 Å². The molecule has 0 bridgehead atoms. The van der Waals surface area contributed by atoms with Crippen molar-refractivity contribution < 1.29 is 14.3 Å². The van der Waals surface area contributed by atoms with Crippen molar-refractivity contribution in [2.24, 2.45) is 0 Å². The van der Waals surface area contributed by atoms with Gasteiger partial charge in [0.25, 0.3) is 5.91 Å². The molecule has 7 nitrogen and oxygen atoms in total. The summed E-state index contributed by atoms with van der Waals surface area (Å²) in [4.78, 5) is 28.6. The zero-order valence-corrected chi connectivity index (χ0v) is 21.6. The molecular weight excluding hydrogens is 460 g/mol. The van der Waals surface area contributed by atoms with Gasteiger partial charge in [-0.3, -0.25) is 9.59 Å². The number of hydrogen-bond acceptors (Lipinski definition) is 6. The Balaban J connectivity index is 1.66. The van der Waals surface area contributed by atoms with Gasteiger partial charge in [0.15, 0.2) is 6.10 Å². The molecular formula is C27H38N4O3S. The average Bonchev–Trinajstić information content (AvgIpc) is 3.43. The van der Waals surface area contributed by atoms with E-state index in [0.717, 1.165) is 57.1 Å². The van der Waals surface area contributed by atoms with Crippen LogP contribution in [0.1, 0.15) is 76.7 Å². The number of likely N-dealkylation sites (tertiary alicyclic amines) is 1. The summed E-state index contributed by atoms with van der Waals surface area (Å²) in [5.41, 5.74) is 0.147. The molecule has 1 aromatic rings. The number of carbonyl (C=O) groups is 2. The second kappa shape index (κ2) is 13.6. The zero-order valence-electron chi connectivity index (χ0n) is 20.8. The molecule has 0 radical (unpaired) electrons. The van der Waals surface area contributed by atoms with Gasteiger partial charge in [0, 0.05) is 12.3 Å². The second-order valence-electron chi connectivity index (χ2n) is 9.38. The van der Waals surface area contributed by atoms with Gasteiger partial charge in [0.1, 0.15) is 11.8 Å². The maximum atomic E-state index is 13.7. The molecule has 8 heteroatoms. The largest absolute Gasteiger partial charge is 0.481 e. The summed E-state index contributed by atoms with van der Waals surface area (Å²) in [6, 6.07) is 8.52. The highest BCUT2D eigenvalue weighted by molar-refractivity contribution is 7.97. The molecule has 2 atom stereocenters. The highest BCUT2D eigenvalue weighted by Crippen LogP contribution is 2.35. The predicted molar refractivity (Wildman–Crippen MR) is 140 cm³/mol. The van der Waals surface area contributed by atoms with Crippen molar-refractivity contribution >= 4 is 23.8 Å². The fraction of sp³-hybridized carbons (Fsp3) is 0.593. The van der Waals surface area contributed by atoms with E-state index in [-0.39, 0.29) is 17.5 Å². The maximum absolute atomic E-state index is 13.7. The smallest absolute Gasteiger partial charge is 0.264 e. The SMILES string of the molecule is C=CCCCCCC(Oc1cccc(C#N)c1)C(=O)N1CCCC1C(=O)NC1(NSCCC)CC1. The monoisotopic (exact) mass is 498 g/mol. The van der Waals surface area contributed by atoms with Gasteiger partial charge < -0.3 is 15.0 Å². The number of amides is 2. The Labute approximate surface area is 213 Å². The Morgan fingerprint density at radius 2 is 2.20 bits per heavy atom. The lowest BCUT2D eigenvalue weighted by Gasteiger charge is -2.30. The number of nitrogens with zero attached hydrogens (tertiary/aromatic N) is 2. The molecule has 1 aliphatic carbocycles. The predicted octanol–water partition coefficient (Wildman–Crippen LogP) is 4.69. The third kappa shape index (κ3) is 8.01. The molecule has 1 heterocycles. The molecule has 1 saturated heterocycles. The van der Waals surface area contributed by atoms with E-state index < -0.39 is 12.1 Å². The minimum absolute atomic E-state index is 0.0887. The van der Waals surface area contributed by atoms with Gasteiger partial charge in [-0.05, 0) is 76.0 Å². The van der Waals surface area contributed by atoms with Gasteiger partial charge in [-0.1, -0.05) is 37.4 Å². The van der Waals surface area contributed by atoms with Crippen LogP contribution in [0.4, 0.5) is 0 Å². The molecule has 0 aromatic heterocycles. The Morgan fingerprint density at radius 3 is 2.91 bits per heavy atom. The van der Waals surface area contributed by atoms with Gasteiger partial charge in [-0.2, -0.15) is 5.26 Å². The van der Waals surface area contributed by atoms with E-state index in [1.807, 2.05) is 6.08 Å². The lowest BCUT2D eigenvalue weighted by molar-refractivity contribution is -0.144. The first-order valence-corrected chi connectivity index (χ1v) is 13.8. The van der Waals surface area contributed by atoms with E-state index in [1.54, 1.807) is 41.1 Å². The number of allylic oxidation sites excluding steroid dienone is 1. The summed E-state index contributed by atoms with van der Waals surface area (Å²) in [5.74, 6) is 1.26. The van der Waals surface area contributed by atoms with E-state index in [9.17, 15) is 14.9 Å². The van der Waals surface area contributed by atoms with E-state index in [2.05, 4.69) is 29.6 Å². The summed E-state index contributed by atoms with van der Waals surface area (Å²) < 4.78 is 9.54. The number of ether oxygens (including phenoxy) is 1. The normalized spacial score (nSPS) is 19.0. The fourth-order valence-corrected chi connectivity index (χ4v) is 5.14. The van der Waals surface area contributed by atoms with Crippen molar-refractivity contribution in [1.29, 1.82) is 5.26 Å². The van der Waals surface area contributed by atoms with Crippen molar-refractivity contribution in [3.05, 3.63) is 42.5 Å². The summed E-state index contributed by atoms with van der Waals surface area (Å²) in [5, 5.41) is 12.4. The first kappa shape index (κ1) is 27.1. The lowest BCUT2D eigenvalue weighted by atomic mass is 10.1. The molecule has 2 aliphatic rings. The molecule has 35 heavy (non-hydrogen) atoms. The Hall–Kier alpha value is -2.50. The minimum atomic E-state index is -0.686. The summed E-state index contributed by atoms with van der Waals surface area (Å²) in [6.07, 6.45) is 9.91. The van der Waals surface area contributed by atoms with Gasteiger partial charge in [0.05, 0.1) is 17.3 Å². The standard InChI is InChI=1S/C27H38N4O3S/c1-3-5-6-7-8-14-24(34-22-12-9-11-21(19-22)20-28)26(33)31-17-10-13-23(31)25(32)29-27(15-16-27)30-35-18-4-2/h3,9,11-12,19,23-24,30H,1,4-8,10,13-18H2,2H3,(H,29,32). The van der Waals surface area contributed by atoms with E-state index in [1.165, 1.54) is 0 Å². The van der Waals surface area contributed by atoms with Crippen molar-refractivity contribution in [3.8, 4) is 11.8 Å². The number of carbonyl (C=O) groups excluding carboxylic acids is 2. The molecule has 1 aliphatic heterocycles. The number of benzene rings is 1. The van der Waals surface area contributed by atoms with Crippen LogP contribution >= 0.6 is 11.9 Å². The van der Waals surface area contributed by atoms with E-state index >= 15 is 0 Å². The van der Waals surface area contributed by atoms with Crippen LogP contribution < -0.4 is 14.8 Å². The van der Waals surface area contributed by atoms with Crippen LogP contribution in [0.3, 0.4) is 0 Å². The highest BCUT2D eigenvalue weighted by Gasteiger charge is 2.47. The molecule has 1 saturated carbocycles. The Morgan fingerprint density at radius 1 is 1.37 bits per heavy atom. The Bertz CT molecular complexity index is 912. The fourth-order valence-electron chi connectivity index (χ4n) is 4.31. The molecule has 2 N–H and O–H groups in total. The van der Waals surface area contributed by atoms with Crippen LogP contribution in [0.15, 0.2) is 36.9 Å². The van der Waals surface area contributed by atoms with Crippen LogP contribution in [0, 0.1) is 11.3 Å². The highest BCUT2D eigenvalue weighted by atomic mass is 32.2. The third-order valence-electron chi connectivity index (χ3n) is 6.42. The Kier molecular flexibility index (Phi) is 10.5. The second-order valence-corrected chi connectivity index (χ2v) is 10.3. The minimum Gasteiger partial charge on any atom is -0.481 e. The average molecular weight is 499 g/mol. The number of nitrogens with one attached hydrogen (secondary N) is 2. The van der Waals surface area contributed by atoms with Crippen LogP contribution in [0.5, 0.6) is 5.75 Å². The van der Waals surface area contributed by atoms with Gasteiger partial charge in [-0.25, -0.2) is 4.72 Å². The third-order valence-corrected chi connectivity index (χ3v) is 7.56. The van der Waals surface area contributed by atoms with Gasteiger partial charge >= 0.3 is 0 Å². The molecule has 0 spiro atoms. The topological polar surface area (TPSA) is 94.5 Å². The van der Waals surface area contributed by atoms with Crippen molar-refractivity contribution in [2.75, 3.05) is 12.3 Å². The van der Waals surface area contributed by atoms with Crippen molar-refractivity contribution in [2.45, 2.75) is 88.9 Å². The van der Waals surface area contributed by atoms with Crippen LogP contribution in [0.2, 0.25) is 0 Å². The first-order valence-electron chi connectivity index (χ1n) is 12.8. The summed E-state index contributed by atoms with van der Waals surface area (Å²) in [7, 11) is 0. The molecule has 190 valence electrons. The summed E-state index contributed by atoms with van der Waals surface area (Å²) >= 11 is 1.64. The van der Waals surface area contributed by atoms with Crippen LogP contribution in [-0.4, -0.2) is 46.8 Å².